The molecule has 0 bridgehead atoms. The van der Waals surface area contributed by atoms with Crippen LogP contribution in [0.4, 0.5) is 5.69 Å². The van der Waals surface area contributed by atoms with Gasteiger partial charge in [-0.05, 0) is 55.4 Å². The summed E-state index contributed by atoms with van der Waals surface area (Å²) < 4.78 is 4.99. The zero-order valence-electron chi connectivity index (χ0n) is 10.6. The summed E-state index contributed by atoms with van der Waals surface area (Å²) in [7, 11) is 0. The number of nitrogen functional groups attached to an aromatic ring is 1. The molecule has 1 atom stereocenters. The first-order valence-electron chi connectivity index (χ1n) is 6.22. The first-order valence-corrected chi connectivity index (χ1v) is 6.22. The molecule has 0 radical (unpaired) electrons. The molecule has 3 nitrogen and oxygen atoms in total. The molecule has 0 amide bonds. The minimum absolute atomic E-state index is 0. The van der Waals surface area contributed by atoms with Crippen LogP contribution in [0.15, 0.2) is 18.2 Å². The summed E-state index contributed by atoms with van der Waals surface area (Å²) in [6.45, 7) is 2.31. The summed E-state index contributed by atoms with van der Waals surface area (Å²) in [5, 5.41) is 0. The van der Waals surface area contributed by atoms with Crippen LogP contribution in [-0.4, -0.2) is 12.6 Å². The van der Waals surface area contributed by atoms with E-state index in [1.165, 1.54) is 11.1 Å². The SMILES string of the molecule is CCOC(=O)CC1CCc2ccc(N)cc2C1.Cl. The van der Waals surface area contributed by atoms with Crippen molar-refractivity contribution < 1.29 is 9.53 Å². The maximum atomic E-state index is 11.4. The second-order valence-electron chi connectivity index (χ2n) is 4.65. The molecule has 0 spiro atoms. The molecule has 1 aliphatic carbocycles. The normalized spacial score (nSPS) is 17.5. The Labute approximate surface area is 114 Å². The van der Waals surface area contributed by atoms with Gasteiger partial charge in [0.1, 0.15) is 0 Å². The second kappa shape index (κ2) is 6.64. The van der Waals surface area contributed by atoms with Crippen molar-refractivity contribution in [2.45, 2.75) is 32.6 Å². The van der Waals surface area contributed by atoms with Gasteiger partial charge in [0.25, 0.3) is 0 Å². The van der Waals surface area contributed by atoms with Gasteiger partial charge in [-0.25, -0.2) is 0 Å². The number of fused-ring (bicyclic) bond motifs is 1. The summed E-state index contributed by atoms with van der Waals surface area (Å²) in [5.74, 6) is 0.327. The smallest absolute Gasteiger partial charge is 0.306 e. The molecule has 0 aliphatic heterocycles. The first kappa shape index (κ1) is 14.8. The molecule has 4 heteroatoms. The van der Waals surface area contributed by atoms with Crippen molar-refractivity contribution in [3.8, 4) is 0 Å². The van der Waals surface area contributed by atoms with Crippen molar-refractivity contribution in [1.82, 2.24) is 0 Å². The van der Waals surface area contributed by atoms with Gasteiger partial charge in [0.15, 0.2) is 0 Å². The summed E-state index contributed by atoms with van der Waals surface area (Å²) in [4.78, 5) is 11.4. The maximum Gasteiger partial charge on any atom is 0.306 e. The summed E-state index contributed by atoms with van der Waals surface area (Å²) in [6.07, 6.45) is 3.58. The van der Waals surface area contributed by atoms with Crippen molar-refractivity contribution >= 4 is 24.1 Å². The van der Waals surface area contributed by atoms with Crippen molar-refractivity contribution in [2.24, 2.45) is 5.92 Å². The van der Waals surface area contributed by atoms with Gasteiger partial charge in [-0.3, -0.25) is 4.79 Å². The molecule has 2 rings (SSSR count). The predicted octanol–water partition coefficient (Wildman–Crippen LogP) is 2.75. The Bertz CT molecular complexity index is 420. The van der Waals surface area contributed by atoms with Crippen LogP contribution in [-0.2, 0) is 22.4 Å². The van der Waals surface area contributed by atoms with Crippen LogP contribution >= 0.6 is 12.4 Å². The van der Waals surface area contributed by atoms with E-state index in [1.807, 2.05) is 19.1 Å². The van der Waals surface area contributed by atoms with Crippen molar-refractivity contribution in [1.29, 1.82) is 0 Å². The molecule has 1 aromatic carbocycles. The van der Waals surface area contributed by atoms with Gasteiger partial charge < -0.3 is 10.5 Å². The van der Waals surface area contributed by atoms with Crippen LogP contribution in [0, 0.1) is 5.92 Å². The zero-order chi connectivity index (χ0) is 12.3. The monoisotopic (exact) mass is 269 g/mol. The average Bonchev–Trinajstić information content (AvgIpc) is 2.28. The van der Waals surface area contributed by atoms with Crippen LogP contribution in [0.25, 0.3) is 0 Å². The van der Waals surface area contributed by atoms with Gasteiger partial charge in [0, 0.05) is 12.1 Å². The van der Waals surface area contributed by atoms with E-state index >= 15 is 0 Å². The first-order chi connectivity index (χ1) is 8.19. The number of benzene rings is 1. The third kappa shape index (κ3) is 3.64. The fraction of sp³-hybridized carbons (Fsp3) is 0.500. The Morgan fingerprint density at radius 2 is 2.22 bits per heavy atom. The number of rotatable bonds is 3. The fourth-order valence-corrected chi connectivity index (χ4v) is 2.48. The highest BCUT2D eigenvalue weighted by Crippen LogP contribution is 2.29. The number of hydrogen-bond acceptors (Lipinski definition) is 3. The molecule has 100 valence electrons. The molecule has 2 N–H and O–H groups in total. The number of carbonyl (C=O) groups excluding carboxylic acids is 1. The quantitative estimate of drug-likeness (QED) is 0.678. The van der Waals surface area contributed by atoms with E-state index in [-0.39, 0.29) is 18.4 Å². The highest BCUT2D eigenvalue weighted by molar-refractivity contribution is 5.85. The van der Waals surface area contributed by atoms with Gasteiger partial charge in [0.2, 0.25) is 0 Å². The Balaban J connectivity index is 0.00000162. The molecular weight excluding hydrogens is 250 g/mol. The third-order valence-electron chi connectivity index (χ3n) is 3.32. The van der Waals surface area contributed by atoms with Crippen LogP contribution < -0.4 is 5.73 Å². The van der Waals surface area contributed by atoms with E-state index < -0.39 is 0 Å². The highest BCUT2D eigenvalue weighted by Gasteiger charge is 2.21. The number of ether oxygens (including phenoxy) is 1. The molecule has 0 saturated heterocycles. The van der Waals surface area contributed by atoms with E-state index in [1.54, 1.807) is 0 Å². The fourth-order valence-electron chi connectivity index (χ4n) is 2.48. The number of aryl methyl sites for hydroxylation is 1. The van der Waals surface area contributed by atoms with Gasteiger partial charge in [0.05, 0.1) is 6.61 Å². The largest absolute Gasteiger partial charge is 0.466 e. The number of hydrogen-bond donors (Lipinski definition) is 1. The standard InChI is InChI=1S/C14H19NO2.ClH/c1-2-17-14(16)8-10-3-4-11-5-6-13(15)9-12(11)7-10;/h5-6,9-10H,2-4,7-8,15H2,1H3;1H. The highest BCUT2D eigenvalue weighted by atomic mass is 35.5. The topological polar surface area (TPSA) is 52.3 Å². The number of anilines is 1. The van der Waals surface area contributed by atoms with Crippen molar-refractivity contribution in [2.75, 3.05) is 12.3 Å². The van der Waals surface area contributed by atoms with Crippen LogP contribution in [0.5, 0.6) is 0 Å². The number of carbonyl (C=O) groups is 1. The Hall–Kier alpha value is -1.22. The van der Waals surface area contributed by atoms with Gasteiger partial charge in [-0.2, -0.15) is 0 Å². The molecular formula is C14H20ClNO2. The van der Waals surface area contributed by atoms with E-state index in [0.29, 0.717) is 18.9 Å². The van der Waals surface area contributed by atoms with E-state index in [0.717, 1.165) is 24.9 Å². The maximum absolute atomic E-state index is 11.4. The van der Waals surface area contributed by atoms with Crippen molar-refractivity contribution in [3.63, 3.8) is 0 Å². The van der Waals surface area contributed by atoms with E-state index in [2.05, 4.69) is 6.07 Å². The molecule has 0 heterocycles. The summed E-state index contributed by atoms with van der Waals surface area (Å²) in [6, 6.07) is 6.09. The summed E-state index contributed by atoms with van der Waals surface area (Å²) in [5.41, 5.74) is 9.26. The lowest BCUT2D eigenvalue weighted by Crippen LogP contribution is -2.19. The predicted molar refractivity (Wildman–Crippen MR) is 74.9 cm³/mol. The van der Waals surface area contributed by atoms with Crippen LogP contribution in [0.3, 0.4) is 0 Å². The second-order valence-corrected chi connectivity index (χ2v) is 4.65. The van der Waals surface area contributed by atoms with Crippen LogP contribution in [0.1, 0.15) is 30.9 Å². The van der Waals surface area contributed by atoms with Gasteiger partial charge >= 0.3 is 5.97 Å². The van der Waals surface area contributed by atoms with Gasteiger partial charge in [-0.1, -0.05) is 6.07 Å². The molecule has 18 heavy (non-hydrogen) atoms. The van der Waals surface area contributed by atoms with E-state index in [9.17, 15) is 4.79 Å². The number of esters is 1. The Kier molecular flexibility index (Phi) is 5.48. The van der Waals surface area contributed by atoms with Crippen LogP contribution in [0.2, 0.25) is 0 Å². The minimum Gasteiger partial charge on any atom is -0.466 e. The molecule has 0 saturated carbocycles. The Morgan fingerprint density at radius 1 is 1.44 bits per heavy atom. The van der Waals surface area contributed by atoms with Crippen molar-refractivity contribution in [3.05, 3.63) is 29.3 Å². The number of nitrogens with two attached hydrogens (primary N) is 1. The lowest BCUT2D eigenvalue weighted by atomic mass is 9.82. The molecule has 1 aromatic rings. The summed E-state index contributed by atoms with van der Waals surface area (Å²) >= 11 is 0. The Morgan fingerprint density at radius 3 is 2.94 bits per heavy atom. The number of halogens is 1. The average molecular weight is 270 g/mol. The minimum atomic E-state index is -0.0788. The molecule has 1 unspecified atom stereocenters. The van der Waals surface area contributed by atoms with Gasteiger partial charge in [-0.15, -0.1) is 12.4 Å². The molecule has 0 aromatic heterocycles. The third-order valence-corrected chi connectivity index (χ3v) is 3.32. The lowest BCUT2D eigenvalue weighted by Gasteiger charge is -2.24. The zero-order valence-corrected chi connectivity index (χ0v) is 11.5. The molecule has 0 fully saturated rings. The van der Waals surface area contributed by atoms with E-state index in [4.69, 9.17) is 10.5 Å². The molecule has 1 aliphatic rings. The lowest BCUT2D eigenvalue weighted by molar-refractivity contribution is -0.144.